The maximum absolute atomic E-state index is 12.9. The Balaban J connectivity index is 3.00. The minimum atomic E-state index is -5.97. The van der Waals surface area contributed by atoms with E-state index in [1.165, 1.54) is 26.0 Å². The van der Waals surface area contributed by atoms with Crippen LogP contribution < -0.4 is 5.32 Å². The molecule has 1 aromatic carbocycles. The van der Waals surface area contributed by atoms with Crippen LogP contribution in [0.5, 0.6) is 0 Å². The van der Waals surface area contributed by atoms with Crippen LogP contribution in [-0.4, -0.2) is 18.0 Å². The Kier molecular flexibility index (Phi) is 4.91. The van der Waals surface area contributed by atoms with E-state index in [4.69, 9.17) is 0 Å². The zero-order chi connectivity index (χ0) is 16.4. The minimum absolute atomic E-state index is 0.234. The Morgan fingerprint density at radius 2 is 1.52 bits per heavy atom. The van der Waals surface area contributed by atoms with Gasteiger partial charge in [0, 0.05) is 0 Å². The van der Waals surface area contributed by atoms with Crippen LogP contribution in [0.2, 0.25) is 0 Å². The summed E-state index contributed by atoms with van der Waals surface area (Å²) < 4.78 is 75.1. The number of amides is 1. The third-order valence-corrected chi connectivity index (χ3v) is 2.82. The van der Waals surface area contributed by atoms with Crippen LogP contribution in [0.25, 0.3) is 0 Å². The van der Waals surface area contributed by atoms with Crippen molar-refractivity contribution >= 4 is 5.91 Å². The first-order valence-corrected chi connectivity index (χ1v) is 5.97. The topological polar surface area (TPSA) is 29.1 Å². The average Bonchev–Trinajstić information content (AvgIpc) is 2.35. The van der Waals surface area contributed by atoms with Crippen molar-refractivity contribution in [1.82, 2.24) is 5.32 Å². The molecule has 0 spiro atoms. The Hall–Kier alpha value is -1.73. The minimum Gasteiger partial charge on any atom is -0.343 e. The second-order valence-electron chi connectivity index (χ2n) is 4.82. The predicted octanol–water partition coefficient (Wildman–Crippen LogP) is 3.84. The maximum Gasteiger partial charge on any atom is 0.463 e. The van der Waals surface area contributed by atoms with E-state index in [-0.39, 0.29) is 5.56 Å². The summed E-state index contributed by atoms with van der Waals surface area (Å²) in [7, 11) is 0. The van der Waals surface area contributed by atoms with Crippen LogP contribution >= 0.6 is 0 Å². The number of halogens is 6. The first-order valence-electron chi connectivity index (χ1n) is 5.97. The number of benzene rings is 1. The lowest BCUT2D eigenvalue weighted by molar-refractivity contribution is -0.270. The standard InChI is InChI=1S/C13H13F6NO/c1-7(2)10(8-3-5-9(14)6-4-8)20-11(21)12(15,16)13(17,18)19/h3-7,10H,1-2H3,(H,20,21). The highest BCUT2D eigenvalue weighted by Crippen LogP contribution is 2.36. The molecule has 0 aliphatic rings. The van der Waals surface area contributed by atoms with Gasteiger partial charge in [-0.25, -0.2) is 4.39 Å². The number of rotatable bonds is 4. The van der Waals surface area contributed by atoms with Gasteiger partial charge in [0.1, 0.15) is 5.82 Å². The third kappa shape index (κ3) is 3.89. The quantitative estimate of drug-likeness (QED) is 0.841. The number of carbonyl (C=O) groups excluding carboxylic acids is 1. The van der Waals surface area contributed by atoms with E-state index in [0.29, 0.717) is 0 Å². The molecule has 8 heteroatoms. The molecule has 0 heterocycles. The van der Waals surface area contributed by atoms with Crippen molar-refractivity contribution in [2.45, 2.75) is 32.0 Å². The summed E-state index contributed by atoms with van der Waals surface area (Å²) in [5, 5.41) is 1.67. The molecular formula is C13H13F6NO. The molecule has 0 fully saturated rings. The van der Waals surface area contributed by atoms with Gasteiger partial charge >= 0.3 is 18.0 Å². The van der Waals surface area contributed by atoms with Crippen molar-refractivity contribution in [3.63, 3.8) is 0 Å². The van der Waals surface area contributed by atoms with Crippen LogP contribution in [0.4, 0.5) is 26.3 Å². The average molecular weight is 313 g/mol. The van der Waals surface area contributed by atoms with Crippen molar-refractivity contribution < 1.29 is 31.1 Å². The molecule has 21 heavy (non-hydrogen) atoms. The highest BCUT2D eigenvalue weighted by atomic mass is 19.4. The fourth-order valence-electron chi connectivity index (χ4n) is 1.67. The highest BCUT2D eigenvalue weighted by molar-refractivity contribution is 5.84. The molecule has 0 aliphatic heterocycles. The fourth-order valence-corrected chi connectivity index (χ4v) is 1.67. The van der Waals surface area contributed by atoms with Crippen molar-refractivity contribution in [2.75, 3.05) is 0 Å². The molecule has 2 nitrogen and oxygen atoms in total. The summed E-state index contributed by atoms with van der Waals surface area (Å²) in [4.78, 5) is 11.2. The lowest BCUT2D eigenvalue weighted by atomic mass is 9.95. The number of hydrogen-bond donors (Lipinski definition) is 1. The van der Waals surface area contributed by atoms with E-state index >= 15 is 0 Å². The molecule has 0 aliphatic carbocycles. The molecule has 0 aromatic heterocycles. The SMILES string of the molecule is CC(C)C(NC(=O)C(F)(F)C(F)(F)F)c1ccc(F)cc1. The summed E-state index contributed by atoms with van der Waals surface area (Å²) in [6.45, 7) is 3.06. The second-order valence-corrected chi connectivity index (χ2v) is 4.82. The fraction of sp³-hybridized carbons (Fsp3) is 0.462. The summed E-state index contributed by atoms with van der Waals surface area (Å²) in [5.74, 6) is -8.98. The molecule has 0 saturated carbocycles. The first kappa shape index (κ1) is 17.3. The summed E-state index contributed by atoms with van der Waals surface area (Å²) in [6, 6.07) is 3.39. The van der Waals surface area contributed by atoms with Gasteiger partial charge in [-0.15, -0.1) is 0 Å². The summed E-state index contributed by atoms with van der Waals surface area (Å²) in [6.07, 6.45) is -5.97. The molecular weight excluding hydrogens is 300 g/mol. The normalized spacial score (nSPS) is 14.1. The molecule has 0 radical (unpaired) electrons. The molecule has 118 valence electrons. The lowest BCUT2D eigenvalue weighted by Gasteiger charge is -2.26. The zero-order valence-electron chi connectivity index (χ0n) is 11.1. The van der Waals surface area contributed by atoms with Crippen LogP contribution in [0.15, 0.2) is 24.3 Å². The third-order valence-electron chi connectivity index (χ3n) is 2.82. The number of alkyl halides is 5. The van der Waals surface area contributed by atoms with E-state index < -0.39 is 35.8 Å². The van der Waals surface area contributed by atoms with Gasteiger partial charge in [-0.1, -0.05) is 26.0 Å². The van der Waals surface area contributed by atoms with Gasteiger partial charge in [-0.05, 0) is 23.6 Å². The van der Waals surface area contributed by atoms with E-state index in [1.54, 1.807) is 5.32 Å². The highest BCUT2D eigenvalue weighted by Gasteiger charge is 2.63. The van der Waals surface area contributed by atoms with Gasteiger partial charge in [0.15, 0.2) is 0 Å². The number of hydrogen-bond acceptors (Lipinski definition) is 1. The number of nitrogens with one attached hydrogen (secondary N) is 1. The second kappa shape index (κ2) is 5.95. The van der Waals surface area contributed by atoms with Gasteiger partial charge in [0.25, 0.3) is 0 Å². The van der Waals surface area contributed by atoms with Crippen molar-refractivity contribution in [3.05, 3.63) is 35.6 Å². The largest absolute Gasteiger partial charge is 0.463 e. The molecule has 1 N–H and O–H groups in total. The van der Waals surface area contributed by atoms with Crippen LogP contribution in [-0.2, 0) is 4.79 Å². The molecule has 0 bridgehead atoms. The maximum atomic E-state index is 12.9. The lowest BCUT2D eigenvalue weighted by Crippen LogP contribution is -2.51. The van der Waals surface area contributed by atoms with Crippen LogP contribution in [0, 0.1) is 11.7 Å². The van der Waals surface area contributed by atoms with E-state index in [2.05, 4.69) is 0 Å². The van der Waals surface area contributed by atoms with Gasteiger partial charge in [-0.3, -0.25) is 4.79 Å². The first-order chi connectivity index (χ1) is 9.46. The van der Waals surface area contributed by atoms with Gasteiger partial charge in [0.2, 0.25) is 0 Å². The molecule has 1 rings (SSSR count). The van der Waals surface area contributed by atoms with Crippen LogP contribution in [0.3, 0.4) is 0 Å². The Bertz CT molecular complexity index is 494. The van der Waals surface area contributed by atoms with E-state index in [9.17, 15) is 31.1 Å². The van der Waals surface area contributed by atoms with Crippen molar-refractivity contribution in [1.29, 1.82) is 0 Å². The van der Waals surface area contributed by atoms with Gasteiger partial charge in [-0.2, -0.15) is 22.0 Å². The summed E-state index contributed by atoms with van der Waals surface area (Å²) in [5.41, 5.74) is 0.234. The molecule has 1 aromatic rings. The molecule has 1 atom stereocenters. The Labute approximate surface area is 117 Å². The van der Waals surface area contributed by atoms with Gasteiger partial charge < -0.3 is 5.32 Å². The van der Waals surface area contributed by atoms with Crippen molar-refractivity contribution in [3.8, 4) is 0 Å². The predicted molar refractivity (Wildman–Crippen MR) is 63.1 cm³/mol. The van der Waals surface area contributed by atoms with E-state index in [0.717, 1.165) is 12.1 Å². The monoisotopic (exact) mass is 313 g/mol. The Morgan fingerprint density at radius 3 is 1.90 bits per heavy atom. The van der Waals surface area contributed by atoms with E-state index in [1.807, 2.05) is 0 Å². The van der Waals surface area contributed by atoms with Crippen molar-refractivity contribution in [2.24, 2.45) is 5.92 Å². The van der Waals surface area contributed by atoms with Gasteiger partial charge in [0.05, 0.1) is 6.04 Å². The van der Waals surface area contributed by atoms with Crippen LogP contribution in [0.1, 0.15) is 25.5 Å². The Morgan fingerprint density at radius 1 is 1.05 bits per heavy atom. The molecule has 0 saturated heterocycles. The molecule has 1 amide bonds. The zero-order valence-corrected chi connectivity index (χ0v) is 11.1. The smallest absolute Gasteiger partial charge is 0.343 e. The summed E-state index contributed by atoms with van der Waals surface area (Å²) >= 11 is 0. The number of carbonyl (C=O) groups is 1. The molecule has 1 unspecified atom stereocenters.